The minimum atomic E-state index is -2.34. The van der Waals surface area contributed by atoms with E-state index < -0.39 is 13.0 Å². The second-order valence-electron chi connectivity index (χ2n) is 3.97. The number of pyridine rings is 1. The molecule has 0 fully saturated rings. The zero-order chi connectivity index (χ0) is 14.7. The first-order valence-corrected chi connectivity index (χ1v) is 5.54. The van der Waals surface area contributed by atoms with Crippen LogP contribution in [0, 0.1) is 0 Å². The van der Waals surface area contributed by atoms with Crippen molar-refractivity contribution in [3.8, 4) is 11.3 Å². The molecule has 0 spiro atoms. The molecule has 6 heteroatoms. The zero-order valence-corrected chi connectivity index (χ0v) is 10.1. The van der Waals surface area contributed by atoms with Gasteiger partial charge in [0.25, 0.3) is 0 Å². The van der Waals surface area contributed by atoms with Gasteiger partial charge in [0, 0.05) is 29.9 Å². The van der Waals surface area contributed by atoms with E-state index in [1.165, 1.54) is 15.9 Å². The van der Waals surface area contributed by atoms with Gasteiger partial charge in [0.05, 0.1) is 11.7 Å². The third kappa shape index (κ3) is 1.35. The Hall–Kier alpha value is -1.62. The third-order valence-corrected chi connectivity index (χ3v) is 3.18. The number of aromatic nitrogens is 4. The monoisotopic (exact) mass is 252 g/mol. The second-order valence-corrected chi connectivity index (χ2v) is 4.33. The minimum Gasteiger partial charge on any atom is -0.363 e. The van der Waals surface area contributed by atoms with Crippen LogP contribution in [0.3, 0.4) is 0 Å². The van der Waals surface area contributed by atoms with Crippen LogP contribution in [0.15, 0.2) is 12.3 Å². The van der Waals surface area contributed by atoms with Gasteiger partial charge in [-0.2, -0.15) is 15.0 Å². The van der Waals surface area contributed by atoms with Crippen molar-refractivity contribution in [2.75, 3.05) is 11.9 Å². The largest absolute Gasteiger partial charge is 0.363 e. The number of hydrogen-bond acceptors (Lipinski definition) is 4. The number of aryl methyl sites for hydroxylation is 1. The molecule has 3 rings (SSSR count). The van der Waals surface area contributed by atoms with Crippen molar-refractivity contribution in [2.24, 2.45) is 7.05 Å². The van der Waals surface area contributed by atoms with Crippen molar-refractivity contribution in [1.29, 1.82) is 0 Å². The van der Waals surface area contributed by atoms with Crippen molar-refractivity contribution >= 4 is 17.3 Å². The van der Waals surface area contributed by atoms with Crippen LogP contribution in [-0.4, -0.2) is 27.0 Å². The first-order valence-electron chi connectivity index (χ1n) is 6.66. The summed E-state index contributed by atoms with van der Waals surface area (Å²) in [5.74, 6) is 0. The van der Waals surface area contributed by atoms with E-state index in [9.17, 15) is 0 Å². The third-order valence-electron chi connectivity index (χ3n) is 2.90. The number of anilines is 1. The lowest BCUT2D eigenvalue weighted by molar-refractivity contribution is 0.625. The highest BCUT2D eigenvalue weighted by molar-refractivity contribution is 6.32. The van der Waals surface area contributed by atoms with Gasteiger partial charge in [-0.15, -0.1) is 0 Å². The molecular formula is C11H12ClN5. The molecule has 1 unspecified atom stereocenters. The quantitative estimate of drug-likeness (QED) is 0.674. The van der Waals surface area contributed by atoms with Gasteiger partial charge in [0.2, 0.25) is 0 Å². The molecule has 88 valence electrons. The number of fused-ring (bicyclic) bond motifs is 3. The fourth-order valence-electron chi connectivity index (χ4n) is 2.06. The molecule has 0 N–H and O–H groups in total. The second kappa shape index (κ2) is 3.43. The first kappa shape index (κ1) is 7.66. The van der Waals surface area contributed by atoms with Crippen molar-refractivity contribution in [3.05, 3.63) is 23.1 Å². The first-order chi connectivity index (χ1) is 9.30. The molecule has 17 heavy (non-hydrogen) atoms. The minimum absolute atomic E-state index is 0.154. The average Bonchev–Trinajstić information content (AvgIpc) is 2.71. The van der Waals surface area contributed by atoms with Crippen molar-refractivity contribution in [3.63, 3.8) is 0 Å². The van der Waals surface area contributed by atoms with Crippen LogP contribution in [0.5, 0.6) is 0 Å². The topological polar surface area (TPSA) is 46.8 Å². The smallest absolute Gasteiger partial charge is 0.152 e. The average molecular weight is 253 g/mol. The van der Waals surface area contributed by atoms with Gasteiger partial charge < -0.3 is 4.90 Å². The maximum Gasteiger partial charge on any atom is 0.152 e. The molecule has 0 bridgehead atoms. The Kier molecular flexibility index (Phi) is 1.55. The fraction of sp³-hybridized carbons (Fsp3) is 0.364. The predicted octanol–water partition coefficient (Wildman–Crippen LogP) is 2.04. The zero-order valence-electron chi connectivity index (χ0n) is 12.3. The van der Waals surface area contributed by atoms with Gasteiger partial charge in [-0.1, -0.05) is 11.6 Å². The van der Waals surface area contributed by atoms with Crippen LogP contribution in [0.25, 0.3) is 11.3 Å². The summed E-state index contributed by atoms with van der Waals surface area (Å²) in [7, 11) is 1.70. The Balaban J connectivity index is 2.34. The summed E-state index contributed by atoms with van der Waals surface area (Å²) in [6.45, 7) is -0.567. The van der Waals surface area contributed by atoms with Gasteiger partial charge in [-0.3, -0.25) is 0 Å². The molecule has 0 aromatic carbocycles. The van der Waals surface area contributed by atoms with E-state index in [0.717, 1.165) is 0 Å². The van der Waals surface area contributed by atoms with Gasteiger partial charge in [0.15, 0.2) is 5.15 Å². The molecule has 0 saturated carbocycles. The Morgan fingerprint density at radius 3 is 3.06 bits per heavy atom. The van der Waals surface area contributed by atoms with E-state index in [0.29, 0.717) is 22.6 Å². The summed E-state index contributed by atoms with van der Waals surface area (Å²) in [6.07, 6.45) is 1.54. The summed E-state index contributed by atoms with van der Waals surface area (Å²) in [5.41, 5.74) is 2.30. The van der Waals surface area contributed by atoms with Crippen LogP contribution >= 0.6 is 11.6 Å². The standard InChI is InChI=1S/C11H12ClN5/c1-6-8-9(15-17(3)14-8)7-4-5-13-11(12)10(7)16(6)2/h4-6H,1-3H3/i2D3. The molecule has 5 nitrogen and oxygen atoms in total. The lowest BCUT2D eigenvalue weighted by Crippen LogP contribution is -2.26. The fourth-order valence-corrected chi connectivity index (χ4v) is 2.31. The normalized spacial score (nSPS) is 21.2. The van der Waals surface area contributed by atoms with Crippen LogP contribution in [0.4, 0.5) is 5.69 Å². The molecule has 1 atom stereocenters. The Morgan fingerprint density at radius 2 is 2.29 bits per heavy atom. The number of nitrogens with zero attached hydrogens (tertiary/aromatic N) is 5. The summed E-state index contributed by atoms with van der Waals surface area (Å²) in [5, 5.41) is 8.74. The van der Waals surface area contributed by atoms with Crippen LogP contribution in [-0.2, 0) is 7.05 Å². The predicted molar refractivity (Wildman–Crippen MR) is 66.1 cm³/mol. The molecule has 0 amide bonds. The number of rotatable bonds is 0. The van der Waals surface area contributed by atoms with E-state index in [4.69, 9.17) is 15.7 Å². The summed E-state index contributed by atoms with van der Waals surface area (Å²) in [4.78, 5) is 6.69. The highest BCUT2D eigenvalue weighted by atomic mass is 35.5. The highest BCUT2D eigenvalue weighted by Gasteiger charge is 2.31. The maximum absolute atomic E-state index is 7.75. The Bertz CT molecular complexity index is 681. The summed E-state index contributed by atoms with van der Waals surface area (Å²) in [6, 6.07) is 1.25. The van der Waals surface area contributed by atoms with Gasteiger partial charge in [-0.25, -0.2) is 4.98 Å². The molecule has 3 heterocycles. The molecule has 1 aliphatic heterocycles. The van der Waals surface area contributed by atoms with Crippen LogP contribution in [0.2, 0.25) is 5.15 Å². The Morgan fingerprint density at radius 1 is 1.47 bits per heavy atom. The van der Waals surface area contributed by atoms with Gasteiger partial charge >= 0.3 is 0 Å². The van der Waals surface area contributed by atoms with Gasteiger partial charge in [-0.05, 0) is 13.0 Å². The van der Waals surface area contributed by atoms with E-state index in [-0.39, 0.29) is 5.15 Å². The summed E-state index contributed by atoms with van der Waals surface area (Å²) >= 11 is 6.12. The molecule has 0 radical (unpaired) electrons. The lowest BCUT2D eigenvalue weighted by atomic mass is 9.99. The van der Waals surface area contributed by atoms with Crippen LogP contribution in [0.1, 0.15) is 22.8 Å². The number of hydrogen-bond donors (Lipinski definition) is 0. The SMILES string of the molecule is [2H]C([2H])([2H])N1c2c(ccnc2Cl)-c2nn(C)nc2C1C. The molecular weight excluding hydrogens is 238 g/mol. The van der Waals surface area contributed by atoms with E-state index >= 15 is 0 Å². The molecule has 0 aliphatic carbocycles. The molecule has 2 aromatic heterocycles. The molecule has 0 saturated heterocycles. The van der Waals surface area contributed by atoms with Crippen LogP contribution < -0.4 is 4.90 Å². The lowest BCUT2D eigenvalue weighted by Gasteiger charge is -2.32. The molecule has 1 aliphatic rings. The maximum atomic E-state index is 7.75. The van der Waals surface area contributed by atoms with E-state index in [1.54, 1.807) is 20.0 Å². The van der Waals surface area contributed by atoms with Crippen molar-refractivity contribution in [1.82, 2.24) is 20.0 Å². The summed E-state index contributed by atoms with van der Waals surface area (Å²) < 4.78 is 23.3. The van der Waals surface area contributed by atoms with Crippen molar-refractivity contribution in [2.45, 2.75) is 13.0 Å². The molecule has 2 aromatic rings. The Labute approximate surface area is 108 Å². The van der Waals surface area contributed by atoms with Crippen molar-refractivity contribution < 1.29 is 4.11 Å². The number of halogens is 1. The van der Waals surface area contributed by atoms with Gasteiger partial charge in [0.1, 0.15) is 11.4 Å². The highest BCUT2D eigenvalue weighted by Crippen LogP contribution is 2.44. The van der Waals surface area contributed by atoms with E-state index in [1.807, 2.05) is 0 Å². The van der Waals surface area contributed by atoms with E-state index in [2.05, 4.69) is 15.2 Å².